The molecular weight excluding hydrogens is 422 g/mol. The average molecular weight is 450 g/mol. The number of rotatable bonds is 4. The first-order chi connectivity index (χ1) is 15.9. The van der Waals surface area contributed by atoms with Crippen molar-refractivity contribution in [2.24, 2.45) is 0 Å². The highest BCUT2D eigenvalue weighted by Crippen LogP contribution is 2.40. The number of nitrogens with one attached hydrogen (secondary N) is 1. The minimum atomic E-state index is -0.798. The van der Waals surface area contributed by atoms with Gasteiger partial charge in [0, 0.05) is 36.3 Å². The van der Waals surface area contributed by atoms with Crippen LogP contribution in [-0.4, -0.2) is 42.4 Å². The second-order valence-electron chi connectivity index (χ2n) is 8.99. The molecule has 3 aliphatic heterocycles. The van der Waals surface area contributed by atoms with Gasteiger partial charge in [0.05, 0.1) is 5.56 Å². The molecule has 1 aromatic heterocycles. The van der Waals surface area contributed by atoms with Gasteiger partial charge < -0.3 is 9.32 Å². The number of fused-ring (bicyclic) bond motifs is 2. The smallest absolute Gasteiger partial charge is 0.343 e. The lowest BCUT2D eigenvalue weighted by atomic mass is 9.88. The summed E-state index contributed by atoms with van der Waals surface area (Å²) < 4.78 is 5.82. The number of hydrogen-bond donors (Lipinski definition) is 1. The summed E-state index contributed by atoms with van der Waals surface area (Å²) in [5.41, 5.74) is 4.16. The zero-order valence-electron chi connectivity index (χ0n) is 19.0. The fraction of sp³-hybridized carbons (Fsp3) is 0.440. The van der Waals surface area contributed by atoms with Crippen LogP contribution in [-0.2, 0) is 22.4 Å². The summed E-state index contributed by atoms with van der Waals surface area (Å²) >= 11 is 0. The van der Waals surface area contributed by atoms with Gasteiger partial charge in [-0.3, -0.25) is 19.8 Å². The minimum Gasteiger partial charge on any atom is -0.422 e. The molecule has 0 spiro atoms. The third kappa shape index (κ3) is 3.44. The molecule has 1 N–H and O–H groups in total. The number of aryl methyl sites for hydroxylation is 3. The van der Waals surface area contributed by atoms with Gasteiger partial charge in [-0.05, 0) is 62.3 Å². The fourth-order valence-corrected chi connectivity index (χ4v) is 5.20. The molecule has 3 aliphatic rings. The van der Waals surface area contributed by atoms with Crippen LogP contribution in [0.1, 0.15) is 54.9 Å². The van der Waals surface area contributed by atoms with Gasteiger partial charge in [0.15, 0.2) is 0 Å². The number of barbiturate groups is 1. The number of amides is 4. The normalized spacial score (nSPS) is 19.3. The quantitative estimate of drug-likeness (QED) is 0.438. The second-order valence-corrected chi connectivity index (χ2v) is 8.99. The molecule has 33 heavy (non-hydrogen) atoms. The molecule has 2 aromatic rings. The lowest BCUT2D eigenvalue weighted by Gasteiger charge is -2.37. The van der Waals surface area contributed by atoms with Crippen molar-refractivity contribution in [3.05, 3.63) is 44.3 Å². The van der Waals surface area contributed by atoms with Crippen molar-refractivity contribution < 1.29 is 18.8 Å². The monoisotopic (exact) mass is 449 g/mol. The van der Waals surface area contributed by atoms with E-state index in [1.165, 1.54) is 17.3 Å². The first-order valence-electron chi connectivity index (χ1n) is 11.7. The van der Waals surface area contributed by atoms with Gasteiger partial charge in [-0.25, -0.2) is 9.59 Å². The maximum Gasteiger partial charge on any atom is 0.343 e. The average Bonchev–Trinajstić information content (AvgIpc) is 2.79. The SMILES string of the molecule is CCCCN1C(=O)NC(=O)C(=Cc2c(C)c3cc4c5c(c3oc2=O)CCCN5CCC4)C1=O. The molecule has 4 heterocycles. The Hall–Kier alpha value is -3.42. The molecule has 0 radical (unpaired) electrons. The molecule has 4 amide bonds. The number of anilines is 1. The molecule has 1 saturated heterocycles. The van der Waals surface area contributed by atoms with Crippen molar-refractivity contribution in [1.82, 2.24) is 10.2 Å². The lowest BCUT2D eigenvalue weighted by molar-refractivity contribution is -0.130. The summed E-state index contributed by atoms with van der Waals surface area (Å²) in [6, 6.07) is 1.36. The maximum absolute atomic E-state index is 13.0. The van der Waals surface area contributed by atoms with E-state index in [4.69, 9.17) is 4.42 Å². The molecule has 1 fully saturated rings. The van der Waals surface area contributed by atoms with Crippen LogP contribution in [0.25, 0.3) is 17.0 Å². The highest BCUT2D eigenvalue weighted by Gasteiger charge is 2.36. The van der Waals surface area contributed by atoms with Crippen LogP contribution >= 0.6 is 0 Å². The molecule has 5 rings (SSSR count). The Morgan fingerprint density at radius 2 is 1.88 bits per heavy atom. The zero-order valence-corrected chi connectivity index (χ0v) is 19.0. The van der Waals surface area contributed by atoms with Gasteiger partial charge in [0.2, 0.25) is 0 Å². The standard InChI is InChI=1S/C25H27N3O5/c1-3-4-11-28-23(30)19(22(29)26-25(28)32)13-18-14(2)17-12-15-7-5-9-27-10-6-8-16(20(15)27)21(17)33-24(18)31/h12-13H,3-11H2,1-2H3,(H,26,29,32). The highest BCUT2D eigenvalue weighted by atomic mass is 16.4. The van der Waals surface area contributed by atoms with Crippen LogP contribution in [0.2, 0.25) is 0 Å². The molecule has 172 valence electrons. The summed E-state index contributed by atoms with van der Waals surface area (Å²) in [4.78, 5) is 54.0. The topological polar surface area (TPSA) is 99.9 Å². The van der Waals surface area contributed by atoms with E-state index in [1.807, 2.05) is 13.8 Å². The number of carbonyl (C=O) groups excluding carboxylic acids is 3. The van der Waals surface area contributed by atoms with Crippen LogP contribution in [0.3, 0.4) is 0 Å². The predicted octanol–water partition coefficient (Wildman–Crippen LogP) is 3.06. The Bertz CT molecular complexity index is 1290. The summed E-state index contributed by atoms with van der Waals surface area (Å²) in [6.45, 7) is 6.01. The predicted molar refractivity (Wildman–Crippen MR) is 124 cm³/mol. The van der Waals surface area contributed by atoms with Crippen molar-refractivity contribution in [2.45, 2.75) is 52.4 Å². The Morgan fingerprint density at radius 3 is 2.64 bits per heavy atom. The minimum absolute atomic E-state index is 0.168. The molecule has 0 unspecified atom stereocenters. The fourth-order valence-electron chi connectivity index (χ4n) is 5.20. The highest BCUT2D eigenvalue weighted by molar-refractivity contribution is 6.31. The molecule has 0 aliphatic carbocycles. The summed E-state index contributed by atoms with van der Waals surface area (Å²) in [5, 5.41) is 3.04. The van der Waals surface area contributed by atoms with Gasteiger partial charge in [-0.2, -0.15) is 0 Å². The summed E-state index contributed by atoms with van der Waals surface area (Å²) in [5.74, 6) is -1.49. The first kappa shape index (κ1) is 21.4. The van der Waals surface area contributed by atoms with E-state index in [-0.39, 0.29) is 17.7 Å². The Morgan fingerprint density at radius 1 is 1.12 bits per heavy atom. The van der Waals surface area contributed by atoms with Gasteiger partial charge in [0.1, 0.15) is 11.2 Å². The summed E-state index contributed by atoms with van der Waals surface area (Å²) in [6.07, 6.45) is 6.62. The number of benzene rings is 1. The number of imide groups is 2. The van der Waals surface area contributed by atoms with Crippen molar-refractivity contribution in [2.75, 3.05) is 24.5 Å². The third-order valence-corrected chi connectivity index (χ3v) is 6.90. The van der Waals surface area contributed by atoms with Crippen LogP contribution in [0.5, 0.6) is 0 Å². The number of hydrogen-bond acceptors (Lipinski definition) is 6. The first-order valence-corrected chi connectivity index (χ1v) is 11.7. The molecule has 8 nitrogen and oxygen atoms in total. The lowest BCUT2D eigenvalue weighted by Crippen LogP contribution is -2.54. The van der Waals surface area contributed by atoms with Crippen LogP contribution < -0.4 is 15.8 Å². The van der Waals surface area contributed by atoms with E-state index in [9.17, 15) is 19.2 Å². The maximum atomic E-state index is 13.0. The number of urea groups is 1. The Labute approximate surface area is 191 Å². The Balaban J connectivity index is 1.65. The Kier molecular flexibility index (Phi) is 5.31. The van der Waals surface area contributed by atoms with E-state index in [0.717, 1.165) is 61.0 Å². The van der Waals surface area contributed by atoms with Crippen LogP contribution in [0.15, 0.2) is 20.9 Å². The van der Waals surface area contributed by atoms with Crippen molar-refractivity contribution in [1.29, 1.82) is 0 Å². The molecule has 1 aromatic carbocycles. The number of nitrogens with zero attached hydrogens (tertiary/aromatic N) is 2. The molecule has 0 saturated carbocycles. The molecular formula is C25H27N3O5. The van der Waals surface area contributed by atoms with Crippen LogP contribution in [0.4, 0.5) is 10.5 Å². The third-order valence-electron chi connectivity index (χ3n) is 6.90. The number of unbranched alkanes of at least 4 members (excludes halogenated alkanes) is 1. The van der Waals surface area contributed by atoms with E-state index >= 15 is 0 Å². The van der Waals surface area contributed by atoms with Gasteiger partial charge >= 0.3 is 11.7 Å². The van der Waals surface area contributed by atoms with E-state index < -0.39 is 23.5 Å². The second kappa shape index (κ2) is 8.17. The van der Waals surface area contributed by atoms with Crippen molar-refractivity contribution in [3.63, 3.8) is 0 Å². The van der Waals surface area contributed by atoms with E-state index in [2.05, 4.69) is 16.3 Å². The van der Waals surface area contributed by atoms with E-state index in [0.29, 0.717) is 17.6 Å². The molecule has 0 bridgehead atoms. The van der Waals surface area contributed by atoms with Gasteiger partial charge in [0.25, 0.3) is 11.8 Å². The molecule has 8 heteroatoms. The van der Waals surface area contributed by atoms with Gasteiger partial charge in [-0.15, -0.1) is 0 Å². The number of carbonyl (C=O) groups is 3. The largest absolute Gasteiger partial charge is 0.422 e. The van der Waals surface area contributed by atoms with Crippen molar-refractivity contribution >= 4 is 40.6 Å². The van der Waals surface area contributed by atoms with Gasteiger partial charge in [-0.1, -0.05) is 13.3 Å². The van der Waals surface area contributed by atoms with E-state index in [1.54, 1.807) is 0 Å². The zero-order chi connectivity index (χ0) is 23.3. The van der Waals surface area contributed by atoms with Crippen molar-refractivity contribution in [3.8, 4) is 0 Å². The molecule has 0 atom stereocenters. The van der Waals surface area contributed by atoms with Crippen LogP contribution in [0, 0.1) is 6.92 Å². The summed E-state index contributed by atoms with van der Waals surface area (Å²) in [7, 11) is 0.